The van der Waals surface area contributed by atoms with E-state index < -0.39 is 14.2 Å². The molecule has 0 aromatic heterocycles. The molecule has 0 amide bonds. The highest BCUT2D eigenvalue weighted by Gasteiger charge is 2.52. The van der Waals surface area contributed by atoms with Crippen LogP contribution in [0.5, 0.6) is 0 Å². The molecule has 3 aromatic carbocycles. The van der Waals surface area contributed by atoms with Crippen molar-refractivity contribution in [1.82, 2.24) is 0 Å². The second-order valence-corrected chi connectivity index (χ2v) is 14.1. The van der Waals surface area contributed by atoms with Crippen LogP contribution in [0.25, 0.3) is 0 Å². The lowest BCUT2D eigenvalue weighted by molar-refractivity contribution is 0.167. The molecule has 3 aromatic rings. The fourth-order valence-corrected chi connectivity index (χ4v) is 11.5. The highest BCUT2D eigenvalue weighted by Crippen LogP contribution is 2.47. The Morgan fingerprint density at radius 1 is 0.806 bits per heavy atom. The number of benzene rings is 3. The van der Waals surface area contributed by atoms with Gasteiger partial charge in [-0.15, -0.1) is 0 Å². The Bertz CT molecular complexity index is 907. The van der Waals surface area contributed by atoms with Crippen LogP contribution >= 0.6 is 0 Å². The lowest BCUT2D eigenvalue weighted by atomic mass is 10.0. The Hall–Kier alpha value is -2.62. The second kappa shape index (κ2) is 10.1. The van der Waals surface area contributed by atoms with E-state index in [1.165, 1.54) is 10.4 Å². The normalized spacial score (nSPS) is 14.4. The van der Waals surface area contributed by atoms with E-state index in [1.54, 1.807) is 13.4 Å². The molecule has 2 nitrogen and oxygen atoms in total. The Morgan fingerprint density at radius 3 is 1.68 bits per heavy atom. The van der Waals surface area contributed by atoms with Gasteiger partial charge in [0.25, 0.3) is 0 Å². The Labute approximate surface area is 188 Å². The third-order valence-electron chi connectivity index (χ3n) is 6.31. The molecule has 0 radical (unpaired) electrons. The molecule has 0 heterocycles. The van der Waals surface area contributed by atoms with E-state index in [-0.39, 0.29) is 10.6 Å². The monoisotopic (exact) mass is 430 g/mol. The van der Waals surface area contributed by atoms with Crippen LogP contribution in [0.3, 0.4) is 0 Å². The van der Waals surface area contributed by atoms with Crippen molar-refractivity contribution in [2.45, 2.75) is 43.9 Å². The van der Waals surface area contributed by atoms with Gasteiger partial charge in [-0.1, -0.05) is 122 Å². The fourth-order valence-electron chi connectivity index (χ4n) is 5.04. The number of allylic oxidation sites excluding steroid dienone is 1. The molecule has 0 aliphatic carbocycles. The first-order chi connectivity index (χ1) is 14.9. The predicted octanol–water partition coefficient (Wildman–Crippen LogP) is 5.70. The maximum atomic E-state index is 11.3. The Kier molecular flexibility index (Phi) is 7.53. The van der Waals surface area contributed by atoms with Crippen LogP contribution in [0.15, 0.2) is 103 Å². The molecule has 0 unspecified atom stereocenters. The van der Waals surface area contributed by atoms with Crippen LogP contribution in [0.2, 0.25) is 10.6 Å². The molecule has 0 spiro atoms. The molecule has 0 saturated carbocycles. The summed E-state index contributed by atoms with van der Waals surface area (Å²) in [5.74, 6) is 0. The quantitative estimate of drug-likeness (QED) is 0.367. The number of hydrogen-bond acceptors (Lipinski definition) is 2. The molecule has 0 bridgehead atoms. The summed E-state index contributed by atoms with van der Waals surface area (Å²) in [6.07, 6.45) is 4.07. The fraction of sp³-hybridized carbons (Fsp3) is 0.286. The van der Waals surface area contributed by atoms with E-state index >= 15 is 0 Å². The van der Waals surface area contributed by atoms with Crippen molar-refractivity contribution in [3.05, 3.63) is 109 Å². The average molecular weight is 431 g/mol. The Morgan fingerprint density at radius 2 is 1.26 bits per heavy atom. The van der Waals surface area contributed by atoms with Crippen LogP contribution in [0.4, 0.5) is 0 Å². The van der Waals surface area contributed by atoms with Gasteiger partial charge in [-0.3, -0.25) is 0 Å². The number of aliphatic hydroxyl groups is 1. The SMILES string of the molecule is CO/C=C/[C@H](C[C@H](O)c1ccccc1)[Si](c1ccccc1)(c1ccccc1)C(C)(C)C. The molecule has 2 atom stereocenters. The van der Waals surface area contributed by atoms with Gasteiger partial charge >= 0.3 is 0 Å². The first-order valence-electron chi connectivity index (χ1n) is 10.9. The first kappa shape index (κ1) is 23.0. The van der Waals surface area contributed by atoms with Gasteiger partial charge in [0, 0.05) is 0 Å². The summed E-state index contributed by atoms with van der Waals surface area (Å²) < 4.78 is 5.40. The lowest BCUT2D eigenvalue weighted by Crippen LogP contribution is -2.67. The lowest BCUT2D eigenvalue weighted by Gasteiger charge is -2.49. The molecule has 31 heavy (non-hydrogen) atoms. The molecule has 3 rings (SSSR count). The van der Waals surface area contributed by atoms with Crippen LogP contribution in [0, 0.1) is 0 Å². The van der Waals surface area contributed by atoms with Crippen molar-refractivity contribution in [1.29, 1.82) is 0 Å². The summed E-state index contributed by atoms with van der Waals surface area (Å²) in [6, 6.07) is 31.8. The number of methoxy groups -OCH3 is 1. The smallest absolute Gasteiger partial charge is 0.130 e. The minimum Gasteiger partial charge on any atom is -0.505 e. The van der Waals surface area contributed by atoms with Gasteiger partial charge in [-0.25, -0.2) is 0 Å². The van der Waals surface area contributed by atoms with Crippen LogP contribution in [-0.4, -0.2) is 20.3 Å². The van der Waals surface area contributed by atoms with Crippen LogP contribution in [0.1, 0.15) is 38.9 Å². The first-order valence-corrected chi connectivity index (χ1v) is 13.0. The van der Waals surface area contributed by atoms with Crippen molar-refractivity contribution in [3.8, 4) is 0 Å². The van der Waals surface area contributed by atoms with Gasteiger partial charge in [0.2, 0.25) is 0 Å². The molecule has 1 N–H and O–H groups in total. The van der Waals surface area contributed by atoms with E-state index in [9.17, 15) is 5.11 Å². The maximum Gasteiger partial charge on any atom is 0.130 e. The van der Waals surface area contributed by atoms with Gasteiger partial charge in [-0.05, 0) is 28.6 Å². The van der Waals surface area contributed by atoms with Crippen LogP contribution in [-0.2, 0) is 4.74 Å². The molecule has 3 heteroatoms. The van der Waals surface area contributed by atoms with Crippen LogP contribution < -0.4 is 10.4 Å². The van der Waals surface area contributed by atoms with Crippen molar-refractivity contribution >= 4 is 18.4 Å². The number of aliphatic hydroxyl groups excluding tert-OH is 1. The molecule has 162 valence electrons. The highest BCUT2D eigenvalue weighted by molar-refractivity contribution is 7.05. The molecule has 0 aliphatic heterocycles. The topological polar surface area (TPSA) is 29.5 Å². The van der Waals surface area contributed by atoms with Crippen molar-refractivity contribution < 1.29 is 9.84 Å². The Balaban J connectivity index is 2.24. The summed E-state index contributed by atoms with van der Waals surface area (Å²) in [6.45, 7) is 7.05. The summed E-state index contributed by atoms with van der Waals surface area (Å²) in [5.41, 5.74) is 1.09. The molecule has 0 aliphatic rings. The predicted molar refractivity (Wildman–Crippen MR) is 134 cm³/mol. The number of rotatable bonds is 8. The molecule has 0 saturated heterocycles. The van der Waals surface area contributed by atoms with Crippen molar-refractivity contribution in [2.24, 2.45) is 0 Å². The van der Waals surface area contributed by atoms with Crippen molar-refractivity contribution in [3.63, 3.8) is 0 Å². The van der Waals surface area contributed by atoms with E-state index in [1.807, 2.05) is 30.3 Å². The zero-order valence-corrected chi connectivity index (χ0v) is 20.0. The minimum atomic E-state index is -2.44. The van der Waals surface area contributed by atoms with Gasteiger partial charge < -0.3 is 9.84 Å². The molecule has 0 fully saturated rings. The molecular weight excluding hydrogens is 396 g/mol. The van der Waals surface area contributed by atoms with Crippen molar-refractivity contribution in [2.75, 3.05) is 7.11 Å². The minimum absolute atomic E-state index is 0.00510. The van der Waals surface area contributed by atoms with E-state index in [0.717, 1.165) is 5.56 Å². The second-order valence-electron chi connectivity index (χ2n) is 9.12. The van der Waals surface area contributed by atoms with E-state index in [4.69, 9.17) is 4.74 Å². The average Bonchev–Trinajstić information content (AvgIpc) is 2.79. The van der Waals surface area contributed by atoms with E-state index in [2.05, 4.69) is 87.5 Å². The number of ether oxygens (including phenoxy) is 1. The van der Waals surface area contributed by atoms with E-state index in [0.29, 0.717) is 6.42 Å². The number of hydrogen-bond donors (Lipinski definition) is 1. The molecular formula is C28H34O2Si. The maximum absolute atomic E-state index is 11.3. The third kappa shape index (κ3) is 4.84. The van der Waals surface area contributed by atoms with Gasteiger partial charge in [0.1, 0.15) is 8.07 Å². The van der Waals surface area contributed by atoms with Gasteiger partial charge in [-0.2, -0.15) is 0 Å². The van der Waals surface area contributed by atoms with Gasteiger partial charge in [0.05, 0.1) is 19.5 Å². The van der Waals surface area contributed by atoms with Gasteiger partial charge in [0.15, 0.2) is 0 Å². The standard InChI is InChI=1S/C28H34O2Si/c1-28(2,3)31(24-16-10-6-11-17-24,25-18-12-7-13-19-25)26(20-21-30-4)22-27(29)23-14-8-5-9-15-23/h5-21,26-27,29H,22H2,1-4H3/b21-20+/t26-,27+/m1/s1. The summed E-state index contributed by atoms with van der Waals surface area (Å²) in [7, 11) is -0.751. The summed E-state index contributed by atoms with van der Waals surface area (Å²) in [4.78, 5) is 0. The summed E-state index contributed by atoms with van der Waals surface area (Å²) in [5, 5.41) is 14.0. The zero-order chi connectivity index (χ0) is 22.3. The summed E-state index contributed by atoms with van der Waals surface area (Å²) >= 11 is 0. The zero-order valence-electron chi connectivity index (χ0n) is 19.0. The highest BCUT2D eigenvalue weighted by atomic mass is 28.3. The third-order valence-corrected chi connectivity index (χ3v) is 12.7. The largest absolute Gasteiger partial charge is 0.505 e.